The van der Waals surface area contributed by atoms with Gasteiger partial charge in [0.25, 0.3) is 5.91 Å². The van der Waals surface area contributed by atoms with Gasteiger partial charge in [0.05, 0.1) is 17.3 Å². The van der Waals surface area contributed by atoms with Gasteiger partial charge in [-0.1, -0.05) is 36.6 Å². The first-order chi connectivity index (χ1) is 14.6. The van der Waals surface area contributed by atoms with E-state index >= 15 is 0 Å². The summed E-state index contributed by atoms with van der Waals surface area (Å²) in [6.45, 7) is 4.10. The number of ether oxygens (including phenoxy) is 1. The van der Waals surface area contributed by atoms with Crippen molar-refractivity contribution in [2.24, 2.45) is 4.99 Å². The van der Waals surface area contributed by atoms with Gasteiger partial charge in [0.1, 0.15) is 23.6 Å². The fraction of sp³-hybridized carbons (Fsp3) is 0.375. The van der Waals surface area contributed by atoms with Gasteiger partial charge in [0.2, 0.25) is 0 Å². The molecule has 1 aliphatic rings. The molecular formula is C24H27N3O3. The second kappa shape index (κ2) is 9.11. The Kier molecular flexibility index (Phi) is 6.12. The molecule has 0 saturated heterocycles. The molecule has 2 heterocycles. The smallest absolute Gasteiger partial charge is 0.263 e. The molecule has 0 N–H and O–H groups in total. The van der Waals surface area contributed by atoms with E-state index in [4.69, 9.17) is 14.3 Å². The number of rotatable bonds is 5. The summed E-state index contributed by atoms with van der Waals surface area (Å²) in [6, 6.07) is 13.2. The summed E-state index contributed by atoms with van der Waals surface area (Å²) >= 11 is 0. The van der Waals surface area contributed by atoms with Crippen LogP contribution in [0.2, 0.25) is 0 Å². The van der Waals surface area contributed by atoms with E-state index in [1.807, 2.05) is 44.2 Å². The molecule has 0 radical (unpaired) electrons. The van der Waals surface area contributed by atoms with Crippen molar-refractivity contribution in [2.45, 2.75) is 58.6 Å². The number of carbonyl (C=O) groups is 1. The third-order valence-electron chi connectivity index (χ3n) is 5.59. The monoisotopic (exact) mass is 405 g/mol. The van der Waals surface area contributed by atoms with E-state index in [-0.39, 0.29) is 5.91 Å². The molecule has 2 aromatic heterocycles. The molecule has 0 amide bonds. The minimum absolute atomic E-state index is 0.118. The minimum atomic E-state index is -0.118. The third kappa shape index (κ3) is 4.53. The predicted octanol–water partition coefficient (Wildman–Crippen LogP) is 4.59. The van der Waals surface area contributed by atoms with Crippen LogP contribution in [0.3, 0.4) is 0 Å². The van der Waals surface area contributed by atoms with E-state index in [9.17, 15) is 4.79 Å². The molecule has 30 heavy (non-hydrogen) atoms. The Morgan fingerprint density at radius 3 is 2.77 bits per heavy atom. The lowest BCUT2D eigenvalue weighted by molar-refractivity contribution is 0.0954. The van der Waals surface area contributed by atoms with Crippen LogP contribution in [0.1, 0.15) is 59.5 Å². The highest BCUT2D eigenvalue weighted by atomic mass is 16.5. The van der Waals surface area contributed by atoms with Crippen LogP contribution in [0, 0.1) is 13.8 Å². The summed E-state index contributed by atoms with van der Waals surface area (Å²) in [4.78, 5) is 18.1. The second-order valence-corrected chi connectivity index (χ2v) is 7.77. The van der Waals surface area contributed by atoms with Gasteiger partial charge in [-0.3, -0.25) is 14.4 Å². The maximum atomic E-state index is 13.2. The topological polar surface area (TPSA) is 69.6 Å². The first-order valence-electron chi connectivity index (χ1n) is 10.5. The van der Waals surface area contributed by atoms with E-state index in [0.717, 1.165) is 29.9 Å². The van der Waals surface area contributed by atoms with Gasteiger partial charge in [-0.25, -0.2) is 0 Å². The van der Waals surface area contributed by atoms with Gasteiger partial charge in [0.15, 0.2) is 0 Å². The van der Waals surface area contributed by atoms with Crippen LogP contribution < -0.4 is 10.2 Å². The Morgan fingerprint density at radius 2 is 2.00 bits per heavy atom. The first-order valence-corrected chi connectivity index (χ1v) is 10.5. The lowest BCUT2D eigenvalue weighted by atomic mass is 9.96. The van der Waals surface area contributed by atoms with Crippen LogP contribution in [0.5, 0.6) is 5.75 Å². The Labute approximate surface area is 176 Å². The molecule has 6 nitrogen and oxygen atoms in total. The molecule has 1 saturated carbocycles. The van der Waals surface area contributed by atoms with E-state index < -0.39 is 0 Å². The quantitative estimate of drug-likeness (QED) is 0.622. The summed E-state index contributed by atoms with van der Waals surface area (Å²) in [7, 11) is 0. The summed E-state index contributed by atoms with van der Waals surface area (Å²) in [5.74, 6) is 1.25. The zero-order valence-corrected chi connectivity index (χ0v) is 17.5. The maximum absolute atomic E-state index is 13.2. The molecule has 6 heteroatoms. The van der Waals surface area contributed by atoms with E-state index in [1.165, 1.54) is 19.3 Å². The van der Waals surface area contributed by atoms with Crippen LogP contribution in [-0.4, -0.2) is 21.7 Å². The molecule has 4 rings (SSSR count). The highest BCUT2D eigenvalue weighted by Gasteiger charge is 2.15. The van der Waals surface area contributed by atoms with Crippen molar-refractivity contribution < 1.29 is 14.1 Å². The molecule has 1 aliphatic carbocycles. The van der Waals surface area contributed by atoms with Gasteiger partial charge in [-0.15, -0.1) is 0 Å². The van der Waals surface area contributed by atoms with Crippen LogP contribution in [0.25, 0.3) is 0 Å². The Morgan fingerprint density at radius 1 is 1.17 bits per heavy atom. The zero-order chi connectivity index (χ0) is 20.9. The van der Waals surface area contributed by atoms with Gasteiger partial charge in [-0.05, 0) is 57.0 Å². The number of aryl methyl sites for hydroxylation is 2. The minimum Gasteiger partial charge on any atom is -0.489 e. The maximum Gasteiger partial charge on any atom is 0.263 e. The van der Waals surface area contributed by atoms with E-state index in [0.29, 0.717) is 29.4 Å². The van der Waals surface area contributed by atoms with Gasteiger partial charge < -0.3 is 9.26 Å². The average molecular weight is 405 g/mol. The van der Waals surface area contributed by atoms with Crippen LogP contribution in [0.15, 0.2) is 58.2 Å². The fourth-order valence-corrected chi connectivity index (χ4v) is 3.83. The lowest BCUT2D eigenvalue weighted by Crippen LogP contribution is -2.29. The first kappa shape index (κ1) is 20.1. The Balaban J connectivity index is 1.56. The molecule has 0 spiro atoms. The molecule has 3 aromatic rings. The number of hydrogen-bond acceptors (Lipinski definition) is 5. The third-order valence-corrected chi connectivity index (χ3v) is 5.59. The van der Waals surface area contributed by atoms with Crippen molar-refractivity contribution in [3.05, 3.63) is 76.7 Å². The van der Waals surface area contributed by atoms with Gasteiger partial charge in [0, 0.05) is 11.8 Å². The molecule has 0 bridgehead atoms. The van der Waals surface area contributed by atoms with Gasteiger partial charge in [-0.2, -0.15) is 0 Å². The zero-order valence-electron chi connectivity index (χ0n) is 17.5. The SMILES string of the molecule is Cc1noc(C)c1COc1cccc(C(=O)n2ccccc2=NC2CCCCC2)c1. The summed E-state index contributed by atoms with van der Waals surface area (Å²) in [6.07, 6.45) is 7.66. The van der Waals surface area contributed by atoms with Crippen molar-refractivity contribution in [1.82, 2.24) is 9.72 Å². The standard InChI is InChI=1S/C24H27N3O3/c1-17-22(18(2)30-26-17)16-29-21-12-8-9-19(15-21)24(28)27-14-7-6-13-23(27)25-20-10-4-3-5-11-20/h6-9,12-15,20H,3-5,10-11,16H2,1-2H3. The number of benzene rings is 1. The van der Waals surface area contributed by atoms with E-state index in [1.54, 1.807) is 22.9 Å². The highest BCUT2D eigenvalue weighted by Crippen LogP contribution is 2.20. The summed E-state index contributed by atoms with van der Waals surface area (Å²) in [5.41, 5.74) is 3.00. The van der Waals surface area contributed by atoms with Crippen LogP contribution in [0.4, 0.5) is 0 Å². The van der Waals surface area contributed by atoms with Crippen molar-refractivity contribution >= 4 is 5.91 Å². The average Bonchev–Trinajstić information content (AvgIpc) is 3.10. The number of nitrogens with zero attached hydrogens (tertiary/aromatic N) is 3. The van der Waals surface area contributed by atoms with Crippen molar-refractivity contribution in [3.63, 3.8) is 0 Å². The van der Waals surface area contributed by atoms with Gasteiger partial charge >= 0.3 is 0 Å². The fourth-order valence-electron chi connectivity index (χ4n) is 3.83. The molecule has 1 fully saturated rings. The van der Waals surface area contributed by atoms with Crippen LogP contribution >= 0.6 is 0 Å². The second-order valence-electron chi connectivity index (χ2n) is 7.77. The number of aromatic nitrogens is 2. The normalized spacial score (nSPS) is 15.3. The Hall–Kier alpha value is -3.15. The lowest BCUT2D eigenvalue weighted by Gasteiger charge is -2.17. The highest BCUT2D eigenvalue weighted by molar-refractivity contribution is 5.96. The van der Waals surface area contributed by atoms with Crippen molar-refractivity contribution in [3.8, 4) is 5.75 Å². The summed E-state index contributed by atoms with van der Waals surface area (Å²) < 4.78 is 12.7. The molecular weight excluding hydrogens is 378 g/mol. The molecule has 156 valence electrons. The molecule has 0 aliphatic heterocycles. The predicted molar refractivity (Wildman–Crippen MR) is 113 cm³/mol. The molecule has 0 atom stereocenters. The van der Waals surface area contributed by atoms with Crippen molar-refractivity contribution in [2.75, 3.05) is 0 Å². The van der Waals surface area contributed by atoms with E-state index in [2.05, 4.69) is 5.16 Å². The number of pyridine rings is 1. The molecule has 1 aromatic carbocycles. The molecule has 0 unspecified atom stereocenters. The number of hydrogen-bond donors (Lipinski definition) is 0. The summed E-state index contributed by atoms with van der Waals surface area (Å²) in [5, 5.41) is 3.95. The van der Waals surface area contributed by atoms with Crippen LogP contribution in [-0.2, 0) is 6.61 Å². The number of carbonyl (C=O) groups excluding carboxylic acids is 1. The Bertz CT molecular complexity index is 1070. The largest absolute Gasteiger partial charge is 0.489 e. The van der Waals surface area contributed by atoms with Crippen molar-refractivity contribution in [1.29, 1.82) is 0 Å².